The van der Waals surface area contributed by atoms with Gasteiger partial charge in [-0.2, -0.15) is 0 Å². The molecule has 0 radical (unpaired) electrons. The third-order valence-electron chi connectivity index (χ3n) is 4.25. The maximum atomic E-state index is 12.5. The van der Waals surface area contributed by atoms with Crippen LogP contribution in [0.15, 0.2) is 42.5 Å². The Kier molecular flexibility index (Phi) is 4.46. The number of hydrogen-bond donors (Lipinski definition) is 1. The number of carbonyl (C=O) groups is 1. The molecule has 1 N–H and O–H groups in total. The summed E-state index contributed by atoms with van der Waals surface area (Å²) in [5.74, 6) is 0.0362. The predicted octanol–water partition coefficient (Wildman–Crippen LogP) is 3.29. The highest BCUT2D eigenvalue weighted by molar-refractivity contribution is 5.96. The summed E-state index contributed by atoms with van der Waals surface area (Å²) in [6.07, 6.45) is 1.17. The number of rotatable bonds is 5. The van der Waals surface area contributed by atoms with Crippen LogP contribution in [0.3, 0.4) is 0 Å². The van der Waals surface area contributed by atoms with Crippen LogP contribution >= 0.6 is 0 Å². The number of nitro groups is 1. The van der Waals surface area contributed by atoms with Crippen LogP contribution in [0.25, 0.3) is 0 Å². The van der Waals surface area contributed by atoms with Gasteiger partial charge in [-0.1, -0.05) is 30.3 Å². The monoisotopic (exact) mass is 325 g/mol. The Balaban J connectivity index is 1.63. The second-order valence-electron chi connectivity index (χ2n) is 5.83. The van der Waals surface area contributed by atoms with E-state index in [1.165, 1.54) is 11.6 Å². The van der Waals surface area contributed by atoms with E-state index in [0.29, 0.717) is 25.2 Å². The Hall–Kier alpha value is -2.89. The van der Waals surface area contributed by atoms with E-state index in [0.717, 1.165) is 17.7 Å². The Morgan fingerprint density at radius 1 is 1.25 bits per heavy atom. The number of hydrogen-bond acceptors (Lipinski definition) is 4. The summed E-state index contributed by atoms with van der Waals surface area (Å²) in [7, 11) is 0. The zero-order chi connectivity index (χ0) is 17.1. The fourth-order valence-electron chi connectivity index (χ4n) is 3.12. The van der Waals surface area contributed by atoms with Crippen molar-refractivity contribution in [1.29, 1.82) is 0 Å². The highest BCUT2D eigenvalue weighted by Crippen LogP contribution is 2.31. The predicted molar refractivity (Wildman–Crippen MR) is 93.4 cm³/mol. The van der Waals surface area contributed by atoms with Gasteiger partial charge in [0, 0.05) is 31.3 Å². The number of nitrogens with one attached hydrogen (secondary N) is 1. The average molecular weight is 325 g/mol. The molecule has 1 aliphatic heterocycles. The molecule has 1 amide bonds. The van der Waals surface area contributed by atoms with Crippen molar-refractivity contribution in [2.24, 2.45) is 0 Å². The minimum Gasteiger partial charge on any atom is -0.379 e. The van der Waals surface area contributed by atoms with Crippen molar-refractivity contribution in [3.05, 3.63) is 63.7 Å². The van der Waals surface area contributed by atoms with Crippen LogP contribution < -0.4 is 10.2 Å². The molecule has 6 heteroatoms. The standard InChI is InChI=1S/C18H19N3O3/c1-13-5-4-6-14-10-12-20(18(13)14)17(22)9-11-19-15-7-2-3-8-16(15)21(23)24/h2-8,19H,9-12H2,1H3. The molecule has 0 aromatic heterocycles. The van der Waals surface area contributed by atoms with Crippen molar-refractivity contribution in [3.63, 3.8) is 0 Å². The van der Waals surface area contributed by atoms with Gasteiger partial charge in [0.2, 0.25) is 5.91 Å². The molecule has 3 rings (SSSR count). The Morgan fingerprint density at radius 3 is 2.83 bits per heavy atom. The number of anilines is 2. The van der Waals surface area contributed by atoms with E-state index in [-0.39, 0.29) is 11.6 Å². The maximum absolute atomic E-state index is 12.5. The van der Waals surface area contributed by atoms with E-state index in [1.54, 1.807) is 18.2 Å². The molecular formula is C18H19N3O3. The van der Waals surface area contributed by atoms with Crippen LogP contribution in [-0.2, 0) is 11.2 Å². The summed E-state index contributed by atoms with van der Waals surface area (Å²) in [5, 5.41) is 14.0. The van der Waals surface area contributed by atoms with Gasteiger partial charge in [0.25, 0.3) is 5.69 Å². The van der Waals surface area contributed by atoms with Crippen molar-refractivity contribution >= 4 is 23.0 Å². The van der Waals surface area contributed by atoms with Gasteiger partial charge in [-0.15, -0.1) is 0 Å². The second-order valence-corrected chi connectivity index (χ2v) is 5.83. The lowest BCUT2D eigenvalue weighted by atomic mass is 10.1. The zero-order valence-corrected chi connectivity index (χ0v) is 13.5. The van der Waals surface area contributed by atoms with Crippen LogP contribution in [0.4, 0.5) is 17.1 Å². The van der Waals surface area contributed by atoms with Gasteiger partial charge in [0.15, 0.2) is 0 Å². The molecule has 0 bridgehead atoms. The Labute approximate surface area is 140 Å². The molecule has 0 unspecified atom stereocenters. The summed E-state index contributed by atoms with van der Waals surface area (Å²) in [4.78, 5) is 24.9. The van der Waals surface area contributed by atoms with Gasteiger partial charge in [-0.3, -0.25) is 14.9 Å². The van der Waals surface area contributed by atoms with Crippen LogP contribution in [0.1, 0.15) is 17.5 Å². The Morgan fingerprint density at radius 2 is 2.04 bits per heavy atom. The lowest BCUT2D eigenvalue weighted by molar-refractivity contribution is -0.384. The number of para-hydroxylation sites is 3. The average Bonchev–Trinajstić information content (AvgIpc) is 3.00. The second kappa shape index (κ2) is 6.70. The first-order valence-electron chi connectivity index (χ1n) is 7.94. The normalized spacial score (nSPS) is 12.8. The highest BCUT2D eigenvalue weighted by Gasteiger charge is 2.25. The van der Waals surface area contributed by atoms with Crippen LogP contribution in [0.2, 0.25) is 0 Å². The fraction of sp³-hybridized carbons (Fsp3) is 0.278. The summed E-state index contributed by atoms with van der Waals surface area (Å²) >= 11 is 0. The van der Waals surface area contributed by atoms with Gasteiger partial charge < -0.3 is 10.2 Å². The van der Waals surface area contributed by atoms with Crippen LogP contribution in [0.5, 0.6) is 0 Å². The van der Waals surface area contributed by atoms with Gasteiger partial charge in [0.05, 0.1) is 4.92 Å². The summed E-state index contributed by atoms with van der Waals surface area (Å²) in [6.45, 7) is 3.07. The molecule has 0 saturated heterocycles. The third kappa shape index (κ3) is 3.08. The van der Waals surface area contributed by atoms with Gasteiger partial charge in [0.1, 0.15) is 5.69 Å². The molecule has 0 spiro atoms. The van der Waals surface area contributed by atoms with E-state index in [4.69, 9.17) is 0 Å². The van der Waals surface area contributed by atoms with E-state index < -0.39 is 4.92 Å². The first-order valence-corrected chi connectivity index (χ1v) is 7.94. The minimum atomic E-state index is -0.426. The number of nitrogens with zero attached hydrogens (tertiary/aromatic N) is 2. The highest BCUT2D eigenvalue weighted by atomic mass is 16.6. The molecule has 1 aliphatic rings. The molecular weight excluding hydrogens is 306 g/mol. The zero-order valence-electron chi connectivity index (χ0n) is 13.5. The van der Waals surface area contributed by atoms with E-state index >= 15 is 0 Å². The summed E-state index contributed by atoms with van der Waals surface area (Å²) in [6, 6.07) is 12.5. The molecule has 2 aromatic carbocycles. The van der Waals surface area contributed by atoms with E-state index in [1.807, 2.05) is 24.0 Å². The van der Waals surface area contributed by atoms with Crippen molar-refractivity contribution in [2.75, 3.05) is 23.3 Å². The van der Waals surface area contributed by atoms with E-state index in [9.17, 15) is 14.9 Å². The van der Waals surface area contributed by atoms with Gasteiger partial charge in [-0.25, -0.2) is 0 Å². The topological polar surface area (TPSA) is 75.5 Å². The fourth-order valence-corrected chi connectivity index (χ4v) is 3.12. The number of amides is 1. The molecule has 6 nitrogen and oxygen atoms in total. The quantitative estimate of drug-likeness (QED) is 0.676. The van der Waals surface area contributed by atoms with E-state index in [2.05, 4.69) is 11.4 Å². The molecule has 24 heavy (non-hydrogen) atoms. The third-order valence-corrected chi connectivity index (χ3v) is 4.25. The van der Waals surface area contributed by atoms with Crippen molar-refractivity contribution in [1.82, 2.24) is 0 Å². The summed E-state index contributed by atoms with van der Waals surface area (Å²) in [5.41, 5.74) is 3.79. The number of nitro benzene ring substituents is 1. The number of benzene rings is 2. The molecule has 124 valence electrons. The molecule has 2 aromatic rings. The van der Waals surface area contributed by atoms with Crippen LogP contribution in [0, 0.1) is 17.0 Å². The minimum absolute atomic E-state index is 0.0207. The molecule has 1 heterocycles. The molecule has 0 saturated carbocycles. The molecule has 0 atom stereocenters. The lowest BCUT2D eigenvalue weighted by Crippen LogP contribution is -2.30. The van der Waals surface area contributed by atoms with Gasteiger partial charge in [-0.05, 0) is 30.5 Å². The molecule has 0 fully saturated rings. The smallest absolute Gasteiger partial charge is 0.292 e. The van der Waals surface area contributed by atoms with Gasteiger partial charge >= 0.3 is 0 Å². The van der Waals surface area contributed by atoms with Crippen molar-refractivity contribution < 1.29 is 9.72 Å². The lowest BCUT2D eigenvalue weighted by Gasteiger charge is -2.19. The number of carbonyl (C=O) groups excluding carboxylic acids is 1. The SMILES string of the molecule is Cc1cccc2c1N(C(=O)CCNc1ccccc1[N+](=O)[O-])CC2. The number of fused-ring (bicyclic) bond motifs is 1. The first kappa shape index (κ1) is 16.0. The van der Waals surface area contributed by atoms with Crippen molar-refractivity contribution in [2.45, 2.75) is 19.8 Å². The largest absolute Gasteiger partial charge is 0.379 e. The molecule has 0 aliphatic carbocycles. The maximum Gasteiger partial charge on any atom is 0.292 e. The van der Waals surface area contributed by atoms with Crippen molar-refractivity contribution in [3.8, 4) is 0 Å². The Bertz CT molecular complexity index is 789. The summed E-state index contributed by atoms with van der Waals surface area (Å²) < 4.78 is 0. The number of aryl methyl sites for hydroxylation is 1. The van der Waals surface area contributed by atoms with Crippen LogP contribution in [-0.4, -0.2) is 23.9 Å². The first-order chi connectivity index (χ1) is 11.6.